The van der Waals surface area contributed by atoms with Crippen LogP contribution in [0, 0.1) is 0 Å². The second-order valence-electron chi connectivity index (χ2n) is 21.0. The summed E-state index contributed by atoms with van der Waals surface area (Å²) in [5.74, 6) is -1.80. The summed E-state index contributed by atoms with van der Waals surface area (Å²) < 4.78 is 77.5. The van der Waals surface area contributed by atoms with Crippen LogP contribution in [0.1, 0.15) is 27.7 Å². The summed E-state index contributed by atoms with van der Waals surface area (Å²) in [7, 11) is 0. The van der Waals surface area contributed by atoms with E-state index in [0.29, 0.717) is 0 Å². The molecule has 0 bridgehead atoms. The Hall–Kier alpha value is -2.34. The molecular weight excluding hydrogens is 1120 g/mol. The molecule has 82 heavy (non-hydrogen) atoms. The van der Waals surface area contributed by atoms with Crippen LogP contribution in [0.2, 0.25) is 0 Å². The van der Waals surface area contributed by atoms with Gasteiger partial charge in [0.1, 0.15) is 159 Å². The average Bonchev–Trinajstić information content (AvgIpc) is 3.47. The van der Waals surface area contributed by atoms with E-state index in [9.17, 15) is 107 Å². The van der Waals surface area contributed by atoms with Gasteiger partial charge in [-0.1, -0.05) is 0 Å². The second-order valence-corrected chi connectivity index (χ2v) is 21.0. The molecule has 1 unspecified atom stereocenters. The molecule has 476 valence electrons. The minimum atomic E-state index is -2.30. The van der Waals surface area contributed by atoms with Crippen molar-refractivity contribution in [3.05, 3.63) is 0 Å². The van der Waals surface area contributed by atoms with Crippen molar-refractivity contribution in [3.63, 3.8) is 0 Å². The number of rotatable bonds is 19. The highest BCUT2D eigenvalue weighted by atomic mass is 16.8. The number of hydrogen-bond acceptors (Lipinski definition) is 34. The number of nitrogens with one attached hydrogen (secondary N) is 2. The fourth-order valence-corrected chi connectivity index (χ4v) is 10.7. The minimum Gasteiger partial charge on any atom is -0.394 e. The van der Waals surface area contributed by atoms with Crippen LogP contribution in [-0.4, -0.2) is 357 Å². The third kappa shape index (κ3) is 14.1. The van der Waals surface area contributed by atoms with Gasteiger partial charge in [-0.15, -0.1) is 0 Å². The van der Waals surface area contributed by atoms with Crippen molar-refractivity contribution in [2.45, 2.75) is 243 Å². The monoisotopic (exact) mass is 1200 g/mol. The molecule has 7 fully saturated rings. The zero-order valence-corrected chi connectivity index (χ0v) is 44.4. The van der Waals surface area contributed by atoms with Crippen molar-refractivity contribution in [2.75, 3.05) is 33.0 Å². The van der Waals surface area contributed by atoms with E-state index in [0.717, 1.165) is 13.8 Å². The summed E-state index contributed by atoms with van der Waals surface area (Å²) in [6.45, 7) is -0.779. The Morgan fingerprint density at radius 3 is 1.22 bits per heavy atom. The second kappa shape index (κ2) is 28.7. The lowest BCUT2D eigenvalue weighted by Gasteiger charge is -2.53. The maximum Gasteiger partial charge on any atom is 0.217 e. The van der Waals surface area contributed by atoms with Gasteiger partial charge in [0.25, 0.3) is 0 Å². The predicted molar refractivity (Wildman–Crippen MR) is 252 cm³/mol. The highest BCUT2D eigenvalue weighted by Gasteiger charge is 2.60. The first-order chi connectivity index (χ1) is 38.7. The van der Waals surface area contributed by atoms with Gasteiger partial charge in [0, 0.05) is 13.8 Å². The molecule has 0 aromatic rings. The van der Waals surface area contributed by atoms with E-state index in [2.05, 4.69) is 10.6 Å². The van der Waals surface area contributed by atoms with Gasteiger partial charge in [0.15, 0.2) is 44.0 Å². The first-order valence-electron chi connectivity index (χ1n) is 26.3. The molecular formula is C46H78N2O34. The SMILES string of the molecule is CC(=O)N[C@H]1[C@@H](O[C@H]2[C@@H](O)[C@@H](CO)O[C@@H](O[C@@H]3[C@@H](NC(C)=O)[C@H](O[C@H]4[C@@H](O)[C@@H](CO)O[C@@H](O[C@H]5[C@H](O)[C@@H](O)C(O)O[C@@H]5CO)[C@@H]4O)O[C@H](CO)[C@H]3O[C@H]3O[C@H](C)[C@H](O)[C@H](O)[C@H]3O)[C@@H]2O[C@H]2O[C@H](C)[C@H](O)[C@H](O)[C@H]2O)O[C@H](CO)[C@H](O)[C@@H]1O. The number of aliphatic hydroxyl groups is 19. The zero-order valence-electron chi connectivity index (χ0n) is 44.4. The van der Waals surface area contributed by atoms with E-state index in [4.69, 9.17) is 61.6 Å². The maximum atomic E-state index is 13.4. The van der Waals surface area contributed by atoms with Crippen LogP contribution in [0.3, 0.4) is 0 Å². The maximum absolute atomic E-state index is 13.4. The quantitative estimate of drug-likeness (QED) is 0.0571. The highest BCUT2D eigenvalue weighted by Crippen LogP contribution is 2.40. The van der Waals surface area contributed by atoms with Crippen molar-refractivity contribution in [1.29, 1.82) is 0 Å². The summed E-state index contributed by atoms with van der Waals surface area (Å²) >= 11 is 0. The lowest BCUT2D eigenvalue weighted by Crippen LogP contribution is -2.72. The Kier molecular flexibility index (Phi) is 23.5. The lowest BCUT2D eigenvalue weighted by atomic mass is 9.93. The van der Waals surface area contributed by atoms with Gasteiger partial charge in [-0.2, -0.15) is 0 Å². The minimum absolute atomic E-state index is 0.830. The normalized spacial score (nSPS) is 51.3. The number of amides is 2. The molecule has 35 atom stereocenters. The van der Waals surface area contributed by atoms with Crippen LogP contribution in [0.5, 0.6) is 0 Å². The molecule has 21 N–H and O–H groups in total. The fraction of sp³-hybridized carbons (Fsp3) is 0.957. The molecule has 0 radical (unpaired) electrons. The van der Waals surface area contributed by atoms with Crippen LogP contribution < -0.4 is 10.6 Å². The fourth-order valence-electron chi connectivity index (χ4n) is 10.7. The van der Waals surface area contributed by atoms with Crippen LogP contribution in [0.4, 0.5) is 0 Å². The van der Waals surface area contributed by atoms with Crippen molar-refractivity contribution >= 4 is 11.8 Å². The highest BCUT2D eigenvalue weighted by molar-refractivity contribution is 5.73. The van der Waals surface area contributed by atoms with Crippen molar-refractivity contribution in [1.82, 2.24) is 10.6 Å². The summed E-state index contributed by atoms with van der Waals surface area (Å²) in [4.78, 5) is 25.9. The number of carbonyl (C=O) groups excluding carboxylic acids is 2. The lowest BCUT2D eigenvalue weighted by molar-refractivity contribution is -0.408. The van der Waals surface area contributed by atoms with E-state index in [-0.39, 0.29) is 0 Å². The smallest absolute Gasteiger partial charge is 0.217 e. The zero-order chi connectivity index (χ0) is 60.5. The van der Waals surface area contributed by atoms with Crippen LogP contribution in [-0.2, 0) is 71.2 Å². The van der Waals surface area contributed by atoms with Gasteiger partial charge in [0.2, 0.25) is 11.8 Å². The Labute approximate surface area is 465 Å². The first kappa shape index (κ1) is 67.2. The molecule has 7 aliphatic rings. The number of ether oxygens (including phenoxy) is 13. The predicted octanol–water partition coefficient (Wildman–Crippen LogP) is -13.9. The molecule has 0 aromatic carbocycles. The average molecular weight is 1200 g/mol. The van der Waals surface area contributed by atoms with Gasteiger partial charge in [-0.25, -0.2) is 0 Å². The molecule has 7 rings (SSSR count). The van der Waals surface area contributed by atoms with E-state index < -0.39 is 260 Å². The van der Waals surface area contributed by atoms with E-state index in [1.807, 2.05) is 0 Å². The topological polar surface area (TPSA) is 563 Å². The Balaban J connectivity index is 1.33. The Morgan fingerprint density at radius 2 is 0.695 bits per heavy atom. The first-order valence-corrected chi connectivity index (χ1v) is 26.3. The summed E-state index contributed by atoms with van der Waals surface area (Å²) in [5.41, 5.74) is 0. The van der Waals surface area contributed by atoms with Gasteiger partial charge < -0.3 is 169 Å². The molecule has 7 saturated heterocycles. The van der Waals surface area contributed by atoms with E-state index >= 15 is 0 Å². The molecule has 0 aliphatic carbocycles. The molecule has 36 heteroatoms. The van der Waals surface area contributed by atoms with Gasteiger partial charge in [-0.05, 0) is 13.8 Å². The Morgan fingerprint density at radius 1 is 0.317 bits per heavy atom. The van der Waals surface area contributed by atoms with Crippen molar-refractivity contribution in [2.24, 2.45) is 0 Å². The van der Waals surface area contributed by atoms with E-state index in [1.54, 1.807) is 0 Å². The van der Waals surface area contributed by atoms with Gasteiger partial charge in [0.05, 0.1) is 45.2 Å². The number of carbonyl (C=O) groups is 2. The molecule has 0 spiro atoms. The Bertz CT molecular complexity index is 2030. The standard InChI is InChI=1S/C46H78N2O34/c1-10-21(56)27(62)31(66)43(70-10)78-35-18(9-53)76-42(80-37-24(59)15(6-50)74-45(33(37)68)77-34-17(8-52)72-40(69)30(65)29(34)64)20(48-13(4)55)36(35)79-46-39(82-44-32(67)28(63)22(57)11(2)71-44)38(25(60)16(7-51)75-46)81-41-19(47-12(3)54)26(61)23(58)14(5-49)73-41/h10-11,14-46,49-53,56-69H,5-9H2,1-4H3,(H,47,54)(H,48,55)/t10-,11-,14-,15-,16-,17-,18-,19-,20-,21+,22+,23+,24+,25+,26-,27+,28+,29-,30-,31-,32-,33-,34-,35-,36-,37+,38+,39-,40?,41-,42+,43-,44-,45+,46+/m1/s1. The largest absolute Gasteiger partial charge is 0.394 e. The van der Waals surface area contributed by atoms with Gasteiger partial charge >= 0.3 is 0 Å². The van der Waals surface area contributed by atoms with Crippen LogP contribution >= 0.6 is 0 Å². The third-order valence-electron chi connectivity index (χ3n) is 15.3. The van der Waals surface area contributed by atoms with Crippen molar-refractivity contribution in [3.8, 4) is 0 Å². The van der Waals surface area contributed by atoms with Crippen molar-refractivity contribution < 1.29 is 168 Å². The molecule has 7 aliphatic heterocycles. The third-order valence-corrected chi connectivity index (χ3v) is 15.3. The molecule has 0 saturated carbocycles. The number of aliphatic hydroxyl groups excluding tert-OH is 19. The number of hydrogen-bond donors (Lipinski definition) is 21. The summed E-state index contributed by atoms with van der Waals surface area (Å²) in [5, 5.41) is 212. The van der Waals surface area contributed by atoms with Gasteiger partial charge in [-0.3, -0.25) is 9.59 Å². The van der Waals surface area contributed by atoms with Crippen LogP contribution in [0.15, 0.2) is 0 Å². The summed E-state index contributed by atoms with van der Waals surface area (Å²) in [6.07, 6.45) is -64.7. The molecule has 7 heterocycles. The molecule has 0 aromatic heterocycles. The van der Waals surface area contributed by atoms with E-state index in [1.165, 1.54) is 13.8 Å². The molecule has 36 nitrogen and oxygen atoms in total. The van der Waals surface area contributed by atoms with Crippen LogP contribution in [0.25, 0.3) is 0 Å². The summed E-state index contributed by atoms with van der Waals surface area (Å²) in [6, 6.07) is -3.74. The molecule has 2 amide bonds.